The Morgan fingerprint density at radius 1 is 1.19 bits per heavy atom. The average Bonchev–Trinajstić information content (AvgIpc) is 3.03. The second kappa shape index (κ2) is 9.33. The van der Waals surface area contributed by atoms with Crippen LogP contribution in [-0.2, 0) is 19.1 Å². The summed E-state index contributed by atoms with van der Waals surface area (Å²) in [5.41, 5.74) is 0.0263. The van der Waals surface area contributed by atoms with Gasteiger partial charge in [0.25, 0.3) is 11.6 Å². The third kappa shape index (κ3) is 6.78. The molecule has 2 rings (SSSR count). The second-order valence-electron chi connectivity index (χ2n) is 5.19. The maximum Gasteiger partial charge on any atom is 0.306 e. The van der Waals surface area contributed by atoms with E-state index in [4.69, 9.17) is 4.74 Å². The molecule has 1 aromatic heterocycles. The van der Waals surface area contributed by atoms with Crippen molar-refractivity contribution in [2.45, 2.75) is 19.8 Å². The van der Waals surface area contributed by atoms with Crippen molar-refractivity contribution in [3.63, 3.8) is 0 Å². The first-order valence-electron chi connectivity index (χ1n) is 7.63. The standard InChI is InChI=1S/C15H15N5O6S/c1-9-18-19-15(27-9)17-12(21)5-6-14(23)26-8-13(22)16-10-3-2-4-11(7-10)20(24)25/h2-4,7H,5-6,8H2,1H3,(H,16,22)(H,17,19,21). The largest absolute Gasteiger partial charge is 0.456 e. The number of benzene rings is 1. The Labute approximate surface area is 156 Å². The molecule has 1 aromatic carbocycles. The van der Waals surface area contributed by atoms with Crippen molar-refractivity contribution in [1.82, 2.24) is 10.2 Å². The van der Waals surface area contributed by atoms with Gasteiger partial charge in [0.1, 0.15) is 5.01 Å². The maximum absolute atomic E-state index is 11.7. The van der Waals surface area contributed by atoms with Crippen molar-refractivity contribution in [3.8, 4) is 0 Å². The Morgan fingerprint density at radius 2 is 1.96 bits per heavy atom. The molecule has 142 valence electrons. The highest BCUT2D eigenvalue weighted by Gasteiger charge is 2.13. The van der Waals surface area contributed by atoms with Crippen molar-refractivity contribution < 1.29 is 24.0 Å². The van der Waals surface area contributed by atoms with Crippen molar-refractivity contribution in [2.24, 2.45) is 0 Å². The minimum Gasteiger partial charge on any atom is -0.456 e. The van der Waals surface area contributed by atoms with Gasteiger partial charge in [-0.3, -0.25) is 24.5 Å². The first kappa shape index (κ1) is 19.9. The SMILES string of the molecule is Cc1nnc(NC(=O)CCC(=O)OCC(=O)Nc2cccc([N+](=O)[O-])c2)s1. The van der Waals surface area contributed by atoms with Gasteiger partial charge in [-0.05, 0) is 13.0 Å². The number of aromatic nitrogens is 2. The van der Waals surface area contributed by atoms with Gasteiger partial charge < -0.3 is 15.4 Å². The minimum absolute atomic E-state index is 0.135. The van der Waals surface area contributed by atoms with Crippen molar-refractivity contribution >= 4 is 45.6 Å². The van der Waals surface area contributed by atoms with Crippen LogP contribution in [0.4, 0.5) is 16.5 Å². The van der Waals surface area contributed by atoms with Gasteiger partial charge in [0.2, 0.25) is 11.0 Å². The summed E-state index contributed by atoms with van der Waals surface area (Å²) in [5.74, 6) is -1.81. The molecule has 1 heterocycles. The quantitative estimate of drug-likeness (QED) is 0.390. The molecule has 12 heteroatoms. The van der Waals surface area contributed by atoms with Crippen LogP contribution in [0.2, 0.25) is 0 Å². The molecule has 2 aromatic rings. The number of nitrogens with zero attached hydrogens (tertiary/aromatic N) is 3. The number of non-ortho nitro benzene ring substituents is 1. The predicted octanol–water partition coefficient (Wildman–Crippen LogP) is 1.66. The van der Waals surface area contributed by atoms with E-state index >= 15 is 0 Å². The minimum atomic E-state index is -0.729. The number of carbonyl (C=O) groups excluding carboxylic acids is 3. The number of nitro groups is 1. The number of nitrogens with one attached hydrogen (secondary N) is 2. The third-order valence-electron chi connectivity index (χ3n) is 3.03. The van der Waals surface area contributed by atoms with Gasteiger partial charge in [0.15, 0.2) is 6.61 Å². The molecule has 0 aliphatic carbocycles. The van der Waals surface area contributed by atoms with Crippen LogP contribution in [-0.4, -0.2) is 39.5 Å². The summed E-state index contributed by atoms with van der Waals surface area (Å²) >= 11 is 1.20. The Hall–Kier alpha value is -3.41. The lowest BCUT2D eigenvalue weighted by Gasteiger charge is -2.06. The van der Waals surface area contributed by atoms with E-state index in [1.54, 1.807) is 6.92 Å². The number of rotatable bonds is 8. The highest BCUT2D eigenvalue weighted by Crippen LogP contribution is 2.17. The van der Waals surface area contributed by atoms with Crippen LogP contribution in [0.5, 0.6) is 0 Å². The van der Waals surface area contributed by atoms with Crippen LogP contribution in [0.3, 0.4) is 0 Å². The average molecular weight is 393 g/mol. The van der Waals surface area contributed by atoms with E-state index in [0.717, 1.165) is 0 Å². The molecule has 0 atom stereocenters. The molecule has 0 bridgehead atoms. The summed E-state index contributed by atoms with van der Waals surface area (Å²) in [5, 5.41) is 24.1. The third-order valence-corrected chi connectivity index (χ3v) is 3.79. The normalized spacial score (nSPS) is 10.1. The highest BCUT2D eigenvalue weighted by atomic mass is 32.1. The zero-order valence-corrected chi connectivity index (χ0v) is 14.9. The zero-order chi connectivity index (χ0) is 19.8. The summed E-state index contributed by atoms with van der Waals surface area (Å²) < 4.78 is 4.77. The number of carbonyl (C=O) groups is 3. The molecule has 11 nitrogen and oxygen atoms in total. The Morgan fingerprint density at radius 3 is 2.63 bits per heavy atom. The van der Waals surface area contributed by atoms with E-state index in [0.29, 0.717) is 10.1 Å². The fraction of sp³-hybridized carbons (Fsp3) is 0.267. The lowest BCUT2D eigenvalue weighted by molar-refractivity contribution is -0.384. The number of nitro benzene ring substituents is 1. The van der Waals surface area contributed by atoms with Crippen LogP contribution in [0, 0.1) is 17.0 Å². The maximum atomic E-state index is 11.7. The molecule has 0 unspecified atom stereocenters. The first-order chi connectivity index (χ1) is 12.8. The molecule has 0 aliphatic rings. The summed E-state index contributed by atoms with van der Waals surface area (Å²) in [7, 11) is 0. The van der Waals surface area contributed by atoms with Gasteiger partial charge in [-0.25, -0.2) is 0 Å². The lowest BCUT2D eigenvalue weighted by Crippen LogP contribution is -2.21. The van der Waals surface area contributed by atoms with Gasteiger partial charge in [-0.1, -0.05) is 17.4 Å². The topological polar surface area (TPSA) is 153 Å². The fourth-order valence-corrected chi connectivity index (χ4v) is 2.46. The Balaban J connectivity index is 1.70. The molecule has 27 heavy (non-hydrogen) atoms. The van der Waals surface area contributed by atoms with Crippen LogP contribution in [0.15, 0.2) is 24.3 Å². The van der Waals surface area contributed by atoms with E-state index in [2.05, 4.69) is 20.8 Å². The van der Waals surface area contributed by atoms with E-state index in [1.165, 1.54) is 35.6 Å². The number of ether oxygens (including phenoxy) is 1. The number of aryl methyl sites for hydroxylation is 1. The van der Waals surface area contributed by atoms with Crippen LogP contribution in [0.1, 0.15) is 17.8 Å². The number of anilines is 2. The van der Waals surface area contributed by atoms with Gasteiger partial charge in [-0.15, -0.1) is 10.2 Å². The van der Waals surface area contributed by atoms with Crippen LogP contribution < -0.4 is 10.6 Å². The van der Waals surface area contributed by atoms with E-state index in [9.17, 15) is 24.5 Å². The van der Waals surface area contributed by atoms with Gasteiger partial charge in [0.05, 0.1) is 11.3 Å². The molecule has 0 saturated heterocycles. The Bertz CT molecular complexity index is 868. The number of hydrogen-bond donors (Lipinski definition) is 2. The van der Waals surface area contributed by atoms with Crippen LogP contribution in [0.25, 0.3) is 0 Å². The molecular formula is C15H15N5O6S. The van der Waals surface area contributed by atoms with Gasteiger partial charge in [0, 0.05) is 24.2 Å². The van der Waals surface area contributed by atoms with Gasteiger partial charge >= 0.3 is 5.97 Å². The molecule has 0 saturated carbocycles. The molecular weight excluding hydrogens is 378 g/mol. The van der Waals surface area contributed by atoms with Crippen molar-refractivity contribution in [2.75, 3.05) is 17.2 Å². The Kier molecular flexibility index (Phi) is 6.88. The van der Waals surface area contributed by atoms with E-state index in [-0.39, 0.29) is 24.2 Å². The lowest BCUT2D eigenvalue weighted by atomic mass is 10.3. The zero-order valence-electron chi connectivity index (χ0n) is 14.1. The fourth-order valence-electron chi connectivity index (χ4n) is 1.86. The predicted molar refractivity (Wildman–Crippen MR) is 95.2 cm³/mol. The summed E-state index contributed by atoms with van der Waals surface area (Å²) in [6.07, 6.45) is -0.350. The molecule has 0 spiro atoms. The van der Waals surface area contributed by atoms with E-state index < -0.39 is 29.3 Å². The summed E-state index contributed by atoms with van der Waals surface area (Å²) in [6.45, 7) is 1.17. The number of amides is 2. The highest BCUT2D eigenvalue weighted by molar-refractivity contribution is 7.15. The van der Waals surface area contributed by atoms with Crippen molar-refractivity contribution in [3.05, 3.63) is 39.4 Å². The second-order valence-corrected chi connectivity index (χ2v) is 6.37. The number of esters is 1. The molecule has 2 amide bonds. The molecule has 2 N–H and O–H groups in total. The monoisotopic (exact) mass is 393 g/mol. The van der Waals surface area contributed by atoms with E-state index in [1.807, 2.05) is 0 Å². The summed E-state index contributed by atoms with van der Waals surface area (Å²) in [4.78, 5) is 45.1. The van der Waals surface area contributed by atoms with Gasteiger partial charge in [-0.2, -0.15) is 0 Å². The van der Waals surface area contributed by atoms with Crippen LogP contribution >= 0.6 is 11.3 Å². The van der Waals surface area contributed by atoms with Crippen molar-refractivity contribution in [1.29, 1.82) is 0 Å². The summed E-state index contributed by atoms with van der Waals surface area (Å²) in [6, 6.07) is 5.34. The molecule has 0 radical (unpaired) electrons. The number of hydrogen-bond acceptors (Lipinski definition) is 9. The first-order valence-corrected chi connectivity index (χ1v) is 8.45. The molecule has 0 aliphatic heterocycles. The smallest absolute Gasteiger partial charge is 0.306 e. The molecule has 0 fully saturated rings.